The van der Waals surface area contributed by atoms with Gasteiger partial charge in [0.2, 0.25) is 0 Å². The lowest BCUT2D eigenvalue weighted by atomic mass is 10.1. The van der Waals surface area contributed by atoms with Crippen LogP contribution in [0.1, 0.15) is 23.2 Å². The first-order valence-electron chi connectivity index (χ1n) is 6.26. The third-order valence-corrected chi connectivity index (χ3v) is 3.09. The van der Waals surface area contributed by atoms with Crippen LogP contribution in [0.5, 0.6) is 5.75 Å². The molecule has 8 heteroatoms. The Hall–Kier alpha value is -1.47. The maximum Gasteiger partial charge on any atom is 0.573 e. The second-order valence-electron chi connectivity index (χ2n) is 4.73. The molecule has 1 aliphatic rings. The summed E-state index contributed by atoms with van der Waals surface area (Å²) in [6, 6.07) is 4.84. The van der Waals surface area contributed by atoms with Crippen molar-refractivity contribution in [1.29, 1.82) is 0 Å². The Bertz CT molecular complexity index is 493. The Morgan fingerprint density at radius 3 is 2.62 bits per heavy atom. The quantitative estimate of drug-likeness (QED) is 0.874. The molecule has 0 bridgehead atoms. The molecule has 3 N–H and O–H groups in total. The van der Waals surface area contributed by atoms with Crippen LogP contribution in [-0.4, -0.2) is 24.9 Å². The zero-order chi connectivity index (χ0) is 14.8. The highest BCUT2D eigenvalue weighted by atomic mass is 35.5. The number of carbonyl (C=O) groups is 1. The zero-order valence-electron chi connectivity index (χ0n) is 11.0. The minimum atomic E-state index is -4.77. The minimum Gasteiger partial charge on any atom is -0.406 e. The Morgan fingerprint density at radius 2 is 2.10 bits per heavy atom. The van der Waals surface area contributed by atoms with Gasteiger partial charge in [-0.15, -0.1) is 25.6 Å². The van der Waals surface area contributed by atoms with E-state index in [4.69, 9.17) is 5.73 Å². The molecule has 1 unspecified atom stereocenters. The molecule has 118 valence electrons. The van der Waals surface area contributed by atoms with Crippen molar-refractivity contribution in [3.8, 4) is 5.75 Å². The number of nitrogens with two attached hydrogens (primary N) is 1. The average Bonchev–Trinajstić information content (AvgIpc) is 3.18. The molecule has 0 heterocycles. The summed E-state index contributed by atoms with van der Waals surface area (Å²) in [5, 5.41) is 2.73. The molecule has 0 aliphatic heterocycles. The van der Waals surface area contributed by atoms with E-state index in [-0.39, 0.29) is 24.0 Å². The smallest absolute Gasteiger partial charge is 0.406 e. The van der Waals surface area contributed by atoms with Crippen LogP contribution in [0.2, 0.25) is 0 Å². The van der Waals surface area contributed by atoms with Gasteiger partial charge in [0.15, 0.2) is 0 Å². The molecule has 21 heavy (non-hydrogen) atoms. The molecular weight excluding hydrogens is 309 g/mol. The van der Waals surface area contributed by atoms with E-state index in [9.17, 15) is 18.0 Å². The third kappa shape index (κ3) is 5.43. The van der Waals surface area contributed by atoms with Crippen LogP contribution in [0, 0.1) is 5.92 Å². The lowest BCUT2D eigenvalue weighted by molar-refractivity contribution is -0.274. The number of halogens is 4. The van der Waals surface area contributed by atoms with Crippen molar-refractivity contribution >= 4 is 18.3 Å². The Kier molecular flexibility index (Phi) is 5.86. The number of nitrogens with one attached hydrogen (secondary N) is 1. The Balaban J connectivity index is 0.00000220. The first kappa shape index (κ1) is 17.6. The third-order valence-electron chi connectivity index (χ3n) is 3.09. The second-order valence-corrected chi connectivity index (χ2v) is 4.73. The normalized spacial score (nSPS) is 15.8. The van der Waals surface area contributed by atoms with Gasteiger partial charge >= 0.3 is 6.36 Å². The van der Waals surface area contributed by atoms with Gasteiger partial charge < -0.3 is 15.8 Å². The number of ether oxygens (including phenoxy) is 1. The number of carbonyl (C=O) groups excluding carboxylic acids is 1. The highest BCUT2D eigenvalue weighted by molar-refractivity contribution is 5.94. The van der Waals surface area contributed by atoms with Gasteiger partial charge in [0, 0.05) is 18.2 Å². The summed E-state index contributed by atoms with van der Waals surface area (Å²) in [6.07, 6.45) is -2.75. The zero-order valence-corrected chi connectivity index (χ0v) is 11.8. The first-order chi connectivity index (χ1) is 9.39. The van der Waals surface area contributed by atoms with Gasteiger partial charge in [-0.3, -0.25) is 4.79 Å². The number of hydrogen-bond donors (Lipinski definition) is 2. The molecule has 1 saturated carbocycles. The summed E-state index contributed by atoms with van der Waals surface area (Å²) in [4.78, 5) is 12.0. The molecule has 4 nitrogen and oxygen atoms in total. The molecule has 0 spiro atoms. The summed E-state index contributed by atoms with van der Waals surface area (Å²) >= 11 is 0. The second kappa shape index (κ2) is 7.00. The van der Waals surface area contributed by atoms with Crippen molar-refractivity contribution in [2.75, 3.05) is 6.54 Å². The molecule has 0 saturated heterocycles. The predicted octanol–water partition coefficient (Wildman–Crippen LogP) is 2.47. The van der Waals surface area contributed by atoms with E-state index in [0.29, 0.717) is 12.5 Å². The summed E-state index contributed by atoms with van der Waals surface area (Å²) in [5.41, 5.74) is 5.68. The molecule has 0 aromatic heterocycles. The van der Waals surface area contributed by atoms with Crippen LogP contribution < -0.4 is 15.8 Å². The number of amides is 1. The lowest BCUT2D eigenvalue weighted by Gasteiger charge is -2.16. The maximum atomic E-state index is 12.1. The fraction of sp³-hybridized carbons (Fsp3) is 0.462. The molecule has 1 aromatic carbocycles. The molecule has 1 atom stereocenters. The van der Waals surface area contributed by atoms with Gasteiger partial charge in [0.05, 0.1) is 0 Å². The fourth-order valence-corrected chi connectivity index (χ4v) is 1.95. The number of rotatable bonds is 5. The van der Waals surface area contributed by atoms with Crippen LogP contribution in [0.4, 0.5) is 13.2 Å². The number of benzene rings is 1. The van der Waals surface area contributed by atoms with Crippen LogP contribution >= 0.6 is 12.4 Å². The summed E-state index contributed by atoms with van der Waals surface area (Å²) in [5.74, 6) is -0.487. The van der Waals surface area contributed by atoms with Gasteiger partial charge in [-0.2, -0.15) is 0 Å². The summed E-state index contributed by atoms with van der Waals surface area (Å²) < 4.78 is 40.1. The van der Waals surface area contributed by atoms with E-state index < -0.39 is 18.0 Å². The van der Waals surface area contributed by atoms with Crippen LogP contribution in [0.15, 0.2) is 24.3 Å². The van der Waals surface area contributed by atoms with E-state index in [2.05, 4.69) is 10.1 Å². The fourth-order valence-electron chi connectivity index (χ4n) is 1.95. The Morgan fingerprint density at radius 1 is 1.43 bits per heavy atom. The van der Waals surface area contributed by atoms with Crippen LogP contribution in [-0.2, 0) is 0 Å². The first-order valence-corrected chi connectivity index (χ1v) is 6.26. The van der Waals surface area contributed by atoms with Gasteiger partial charge in [-0.25, -0.2) is 0 Å². The van der Waals surface area contributed by atoms with Gasteiger partial charge in [-0.05, 0) is 37.0 Å². The molecule has 1 aliphatic carbocycles. The molecular formula is C13H16ClF3N2O2. The van der Waals surface area contributed by atoms with Crippen LogP contribution in [0.3, 0.4) is 0 Å². The molecule has 2 rings (SSSR count). The number of alkyl halides is 3. The van der Waals surface area contributed by atoms with E-state index >= 15 is 0 Å². The maximum absolute atomic E-state index is 12.1. The van der Waals surface area contributed by atoms with Crippen molar-refractivity contribution in [3.63, 3.8) is 0 Å². The topological polar surface area (TPSA) is 64.3 Å². The molecule has 1 fully saturated rings. The standard InChI is InChI=1S/C13H15F3N2O2.ClH/c14-13(15,16)20-10-3-1-2-9(6-10)12(19)18-11(7-17)8-4-5-8;/h1-3,6,8,11H,4-5,7,17H2,(H,18,19);1H. The minimum absolute atomic E-state index is 0. The van der Waals surface area contributed by atoms with Crippen molar-refractivity contribution in [1.82, 2.24) is 5.32 Å². The average molecular weight is 325 g/mol. The van der Waals surface area contributed by atoms with Gasteiger partial charge in [0.1, 0.15) is 5.75 Å². The van der Waals surface area contributed by atoms with E-state index in [0.717, 1.165) is 25.0 Å². The number of hydrogen-bond acceptors (Lipinski definition) is 3. The van der Waals surface area contributed by atoms with Gasteiger partial charge in [0.25, 0.3) is 5.91 Å². The highest BCUT2D eigenvalue weighted by Crippen LogP contribution is 2.32. The van der Waals surface area contributed by atoms with E-state index in [1.165, 1.54) is 12.1 Å². The molecule has 1 aromatic rings. The van der Waals surface area contributed by atoms with Crippen LogP contribution in [0.25, 0.3) is 0 Å². The lowest BCUT2D eigenvalue weighted by Crippen LogP contribution is -2.41. The SMILES string of the molecule is Cl.NCC(NC(=O)c1cccc(OC(F)(F)F)c1)C1CC1. The van der Waals surface area contributed by atoms with E-state index in [1.54, 1.807) is 0 Å². The summed E-state index contributed by atoms with van der Waals surface area (Å²) in [6.45, 7) is 0.315. The van der Waals surface area contributed by atoms with Crippen molar-refractivity contribution in [2.45, 2.75) is 25.2 Å². The largest absolute Gasteiger partial charge is 0.573 e. The van der Waals surface area contributed by atoms with Crippen molar-refractivity contribution < 1.29 is 22.7 Å². The highest BCUT2D eigenvalue weighted by Gasteiger charge is 2.32. The predicted molar refractivity (Wildman–Crippen MR) is 73.4 cm³/mol. The molecule has 1 amide bonds. The van der Waals surface area contributed by atoms with Crippen molar-refractivity contribution in [2.24, 2.45) is 11.7 Å². The molecule has 0 radical (unpaired) electrons. The monoisotopic (exact) mass is 324 g/mol. The van der Waals surface area contributed by atoms with E-state index in [1.807, 2.05) is 0 Å². The Labute approximate surface area is 126 Å². The summed E-state index contributed by atoms with van der Waals surface area (Å²) in [7, 11) is 0. The van der Waals surface area contributed by atoms with Gasteiger partial charge in [-0.1, -0.05) is 6.07 Å². The van der Waals surface area contributed by atoms with Crippen molar-refractivity contribution in [3.05, 3.63) is 29.8 Å².